The molecule has 0 aliphatic carbocycles. The highest BCUT2D eigenvalue weighted by molar-refractivity contribution is 9.10. The first kappa shape index (κ1) is 23.5. The Balaban J connectivity index is 2.41. The van der Waals surface area contributed by atoms with E-state index in [4.69, 9.17) is 27.9 Å². The molecule has 2 rings (SSSR count). The van der Waals surface area contributed by atoms with Crippen molar-refractivity contribution in [2.24, 2.45) is 0 Å². The van der Waals surface area contributed by atoms with Gasteiger partial charge in [-0.2, -0.15) is 5.26 Å². The number of aromatic nitrogens is 1. The molecule has 1 amide bonds. The molecule has 29 heavy (non-hydrogen) atoms. The van der Waals surface area contributed by atoms with Crippen molar-refractivity contribution in [2.45, 2.75) is 26.4 Å². The zero-order chi connectivity index (χ0) is 22.1. The highest BCUT2D eigenvalue weighted by Gasteiger charge is 2.23. The molecule has 0 aliphatic heterocycles. The normalized spacial score (nSPS) is 11.3. The van der Waals surface area contributed by atoms with E-state index in [9.17, 15) is 14.4 Å². The highest BCUT2D eigenvalue weighted by atomic mass is 79.9. The van der Waals surface area contributed by atoms with E-state index in [2.05, 4.69) is 20.9 Å². The topological polar surface area (TPSA) is 69.5 Å². The number of hydrogen-bond donors (Lipinski definition) is 0. The number of hydrogen-bond acceptors (Lipinski definition) is 5. The zero-order valence-electron chi connectivity index (χ0n) is 16.6. The molecular formula is C19H20BrCl2FN4O2. The van der Waals surface area contributed by atoms with Crippen molar-refractivity contribution in [3.63, 3.8) is 0 Å². The van der Waals surface area contributed by atoms with E-state index in [1.165, 1.54) is 11.0 Å². The molecule has 6 nitrogen and oxygen atoms in total. The van der Waals surface area contributed by atoms with Gasteiger partial charge in [0.05, 0.1) is 15.2 Å². The number of anilines is 1. The first-order valence-electron chi connectivity index (χ1n) is 8.59. The van der Waals surface area contributed by atoms with Crippen molar-refractivity contribution in [1.29, 1.82) is 5.26 Å². The molecule has 2 aromatic rings. The average Bonchev–Trinajstić information content (AvgIpc) is 2.62. The fourth-order valence-corrected chi connectivity index (χ4v) is 3.31. The fraction of sp³-hybridized carbons (Fsp3) is 0.421. The van der Waals surface area contributed by atoms with Crippen molar-refractivity contribution >= 4 is 61.8 Å². The van der Waals surface area contributed by atoms with Crippen LogP contribution in [0.15, 0.2) is 10.5 Å². The lowest BCUT2D eigenvalue weighted by atomic mass is 10.1. The number of carbonyl (C=O) groups is 1. The van der Waals surface area contributed by atoms with Crippen LogP contribution in [-0.2, 0) is 4.74 Å². The number of nitrogens with zero attached hydrogens (tertiary/aromatic N) is 4. The standard InChI is InChI=1S/C19H20BrCl2FN4O2/c1-19(2,3)29-18(28)27(5)7-6-26(4)16-10-8-12(21)13(20)14(23)15(10)25-17(22)11(16)9-24/h8H,6-7H2,1-5H3. The number of amides is 1. The van der Waals surface area contributed by atoms with Gasteiger partial charge in [0.25, 0.3) is 0 Å². The summed E-state index contributed by atoms with van der Waals surface area (Å²) in [4.78, 5) is 19.3. The first-order valence-corrected chi connectivity index (χ1v) is 10.1. The Morgan fingerprint density at radius 3 is 2.52 bits per heavy atom. The molecule has 0 N–H and O–H groups in total. The number of fused-ring (bicyclic) bond motifs is 1. The maximum atomic E-state index is 14.7. The van der Waals surface area contributed by atoms with Crippen LogP contribution in [0.1, 0.15) is 26.3 Å². The molecule has 10 heteroatoms. The third-order valence-electron chi connectivity index (χ3n) is 4.01. The van der Waals surface area contributed by atoms with Crippen LogP contribution in [0.2, 0.25) is 10.2 Å². The van der Waals surface area contributed by atoms with Gasteiger partial charge in [0.1, 0.15) is 27.9 Å². The quantitative estimate of drug-likeness (QED) is 0.398. The molecule has 0 bridgehead atoms. The van der Waals surface area contributed by atoms with Crippen LogP contribution in [0.5, 0.6) is 0 Å². The van der Waals surface area contributed by atoms with Gasteiger partial charge in [0.15, 0.2) is 5.82 Å². The number of benzene rings is 1. The lowest BCUT2D eigenvalue weighted by Crippen LogP contribution is -2.38. The number of rotatable bonds is 4. The molecule has 0 unspecified atom stereocenters. The largest absolute Gasteiger partial charge is 0.444 e. The summed E-state index contributed by atoms with van der Waals surface area (Å²) in [6.07, 6.45) is -0.470. The summed E-state index contributed by atoms with van der Waals surface area (Å²) in [5.41, 5.74) is -0.137. The molecule has 1 heterocycles. The second-order valence-electron chi connectivity index (χ2n) is 7.44. The van der Waals surface area contributed by atoms with Crippen LogP contribution in [0.4, 0.5) is 14.9 Å². The predicted molar refractivity (Wildman–Crippen MR) is 116 cm³/mol. The molecule has 0 saturated heterocycles. The second kappa shape index (κ2) is 8.90. The molecule has 0 radical (unpaired) electrons. The number of halogens is 4. The molecule has 0 aliphatic rings. The molecular weight excluding hydrogens is 486 g/mol. The van der Waals surface area contributed by atoms with Crippen molar-refractivity contribution in [1.82, 2.24) is 9.88 Å². The highest BCUT2D eigenvalue weighted by Crippen LogP contribution is 2.39. The fourth-order valence-electron chi connectivity index (χ4n) is 2.60. The second-order valence-corrected chi connectivity index (χ2v) is 9.00. The molecule has 0 saturated carbocycles. The van der Waals surface area contributed by atoms with Crippen molar-refractivity contribution in [2.75, 3.05) is 32.1 Å². The summed E-state index contributed by atoms with van der Waals surface area (Å²) < 4.78 is 20.1. The summed E-state index contributed by atoms with van der Waals surface area (Å²) in [5, 5.41) is 9.95. The van der Waals surface area contributed by atoms with Crippen molar-refractivity contribution < 1.29 is 13.9 Å². The summed E-state index contributed by atoms with van der Waals surface area (Å²) >= 11 is 15.3. The van der Waals surface area contributed by atoms with E-state index in [1.54, 1.807) is 39.8 Å². The SMILES string of the molecule is CN(CCN(C)c1c(C#N)c(Cl)nc2c(F)c(Br)c(Cl)cc12)C(=O)OC(C)(C)C. The summed E-state index contributed by atoms with van der Waals surface area (Å²) in [5.74, 6) is -0.667. The number of ether oxygens (including phenoxy) is 1. The van der Waals surface area contributed by atoms with Crippen LogP contribution >= 0.6 is 39.1 Å². The number of nitriles is 1. The third kappa shape index (κ3) is 5.21. The van der Waals surface area contributed by atoms with Gasteiger partial charge < -0.3 is 14.5 Å². The van der Waals surface area contributed by atoms with Gasteiger partial charge in [-0.25, -0.2) is 14.2 Å². The zero-order valence-corrected chi connectivity index (χ0v) is 19.7. The molecule has 0 atom stereocenters. The molecule has 0 fully saturated rings. The van der Waals surface area contributed by atoms with Gasteiger partial charge in [-0.3, -0.25) is 0 Å². The third-order valence-corrected chi connectivity index (χ3v) is 5.59. The van der Waals surface area contributed by atoms with Gasteiger partial charge in [0.2, 0.25) is 0 Å². The Labute approximate surface area is 187 Å². The summed E-state index contributed by atoms with van der Waals surface area (Å²) in [6, 6.07) is 3.54. The number of likely N-dealkylation sites (N-methyl/N-ethyl adjacent to an activating group) is 2. The van der Waals surface area contributed by atoms with Crippen LogP contribution < -0.4 is 4.90 Å². The van der Waals surface area contributed by atoms with Crippen LogP contribution in [-0.4, -0.2) is 48.8 Å². The minimum Gasteiger partial charge on any atom is -0.444 e. The summed E-state index contributed by atoms with van der Waals surface area (Å²) in [7, 11) is 3.32. The Morgan fingerprint density at radius 2 is 1.97 bits per heavy atom. The Kier molecular flexibility index (Phi) is 7.20. The Morgan fingerprint density at radius 1 is 1.34 bits per heavy atom. The van der Waals surface area contributed by atoms with E-state index >= 15 is 0 Å². The molecule has 1 aromatic heterocycles. The molecule has 1 aromatic carbocycles. The van der Waals surface area contributed by atoms with Gasteiger partial charge in [-0.15, -0.1) is 0 Å². The van der Waals surface area contributed by atoms with Gasteiger partial charge in [-0.05, 0) is 42.8 Å². The molecule has 156 valence electrons. The smallest absolute Gasteiger partial charge is 0.410 e. The number of carbonyl (C=O) groups excluding carboxylic acids is 1. The maximum absolute atomic E-state index is 14.7. The van der Waals surface area contributed by atoms with E-state index in [-0.39, 0.29) is 25.7 Å². The average molecular weight is 506 g/mol. The Hall–Kier alpha value is -1.82. The van der Waals surface area contributed by atoms with Crippen LogP contribution in [0.25, 0.3) is 10.9 Å². The van der Waals surface area contributed by atoms with E-state index in [1.807, 2.05) is 6.07 Å². The van der Waals surface area contributed by atoms with E-state index in [0.29, 0.717) is 24.2 Å². The van der Waals surface area contributed by atoms with E-state index in [0.717, 1.165) is 0 Å². The predicted octanol–water partition coefficient (Wildman–Crippen LogP) is 5.62. The Bertz CT molecular complexity index is 1000. The minimum atomic E-state index is -0.667. The molecule has 0 spiro atoms. The van der Waals surface area contributed by atoms with Crippen LogP contribution in [0, 0.1) is 17.1 Å². The summed E-state index contributed by atoms with van der Waals surface area (Å²) in [6.45, 7) is 5.97. The van der Waals surface area contributed by atoms with E-state index < -0.39 is 17.5 Å². The van der Waals surface area contributed by atoms with Gasteiger partial charge in [0, 0.05) is 32.6 Å². The van der Waals surface area contributed by atoms with Gasteiger partial charge >= 0.3 is 6.09 Å². The lowest BCUT2D eigenvalue weighted by Gasteiger charge is -2.28. The maximum Gasteiger partial charge on any atom is 0.410 e. The minimum absolute atomic E-state index is 0.00683. The van der Waals surface area contributed by atoms with Crippen LogP contribution in [0.3, 0.4) is 0 Å². The first-order chi connectivity index (χ1) is 13.4. The monoisotopic (exact) mass is 504 g/mol. The van der Waals surface area contributed by atoms with Crippen molar-refractivity contribution in [3.05, 3.63) is 32.1 Å². The van der Waals surface area contributed by atoms with Gasteiger partial charge in [-0.1, -0.05) is 23.2 Å². The van der Waals surface area contributed by atoms with Crippen molar-refractivity contribution in [3.8, 4) is 6.07 Å². The number of pyridine rings is 1. The lowest BCUT2D eigenvalue weighted by molar-refractivity contribution is 0.0303.